The number of hydrogen-bond acceptors (Lipinski definition) is 6. The average Bonchev–Trinajstić information content (AvgIpc) is 2.72. The second-order valence-electron chi connectivity index (χ2n) is 5.87. The van der Waals surface area contributed by atoms with Crippen molar-refractivity contribution in [2.45, 2.75) is 12.8 Å². The van der Waals surface area contributed by atoms with Crippen LogP contribution in [0.3, 0.4) is 0 Å². The SMILES string of the molecule is COc1cc(CCC(=O)OCC(=O)Nc2cc(F)ccc2F)cc(OC)c1OC. The molecule has 0 bridgehead atoms. The Balaban J connectivity index is 1.88. The molecule has 2 aromatic rings. The van der Waals surface area contributed by atoms with Crippen LogP contribution in [-0.2, 0) is 20.7 Å². The molecule has 2 aromatic carbocycles. The van der Waals surface area contributed by atoms with E-state index in [1.165, 1.54) is 21.3 Å². The molecule has 0 aromatic heterocycles. The summed E-state index contributed by atoms with van der Waals surface area (Å²) in [6, 6.07) is 6.05. The highest BCUT2D eigenvalue weighted by atomic mass is 19.1. The number of carbonyl (C=O) groups excluding carboxylic acids is 2. The highest BCUT2D eigenvalue weighted by molar-refractivity contribution is 5.92. The number of amides is 1. The minimum Gasteiger partial charge on any atom is -0.493 e. The molecular weight excluding hydrogens is 388 g/mol. The second-order valence-corrected chi connectivity index (χ2v) is 5.87. The summed E-state index contributed by atoms with van der Waals surface area (Å²) in [4.78, 5) is 23.7. The first-order chi connectivity index (χ1) is 13.9. The Morgan fingerprint density at radius 3 is 2.21 bits per heavy atom. The van der Waals surface area contributed by atoms with Gasteiger partial charge in [-0.2, -0.15) is 0 Å². The van der Waals surface area contributed by atoms with E-state index >= 15 is 0 Å². The number of hydrogen-bond donors (Lipinski definition) is 1. The fourth-order valence-corrected chi connectivity index (χ4v) is 2.52. The predicted octanol–water partition coefficient (Wildman–Crippen LogP) is 3.11. The number of halogens is 2. The molecule has 2 rings (SSSR count). The smallest absolute Gasteiger partial charge is 0.306 e. The van der Waals surface area contributed by atoms with Crippen LogP contribution in [0.1, 0.15) is 12.0 Å². The molecule has 0 aliphatic rings. The summed E-state index contributed by atoms with van der Waals surface area (Å²) >= 11 is 0. The van der Waals surface area contributed by atoms with Gasteiger partial charge in [-0.15, -0.1) is 0 Å². The first-order valence-corrected chi connectivity index (χ1v) is 8.57. The number of nitrogens with one attached hydrogen (secondary N) is 1. The van der Waals surface area contributed by atoms with Gasteiger partial charge in [0.25, 0.3) is 5.91 Å². The van der Waals surface area contributed by atoms with Crippen LogP contribution < -0.4 is 19.5 Å². The third kappa shape index (κ3) is 6.06. The highest BCUT2D eigenvalue weighted by Gasteiger charge is 2.15. The molecule has 29 heavy (non-hydrogen) atoms. The molecule has 156 valence electrons. The predicted molar refractivity (Wildman–Crippen MR) is 100 cm³/mol. The van der Waals surface area contributed by atoms with Crippen molar-refractivity contribution in [2.75, 3.05) is 33.3 Å². The Bertz CT molecular complexity index is 862. The van der Waals surface area contributed by atoms with E-state index in [0.717, 1.165) is 23.8 Å². The zero-order valence-electron chi connectivity index (χ0n) is 16.2. The van der Waals surface area contributed by atoms with Crippen molar-refractivity contribution in [1.29, 1.82) is 0 Å². The van der Waals surface area contributed by atoms with E-state index in [1.54, 1.807) is 12.1 Å². The van der Waals surface area contributed by atoms with Gasteiger partial charge in [0.1, 0.15) is 11.6 Å². The van der Waals surface area contributed by atoms with E-state index in [2.05, 4.69) is 5.32 Å². The van der Waals surface area contributed by atoms with E-state index in [-0.39, 0.29) is 12.1 Å². The number of benzene rings is 2. The molecule has 1 N–H and O–H groups in total. The largest absolute Gasteiger partial charge is 0.493 e. The molecule has 9 heteroatoms. The van der Waals surface area contributed by atoms with Crippen molar-refractivity contribution >= 4 is 17.6 Å². The van der Waals surface area contributed by atoms with Gasteiger partial charge in [0.15, 0.2) is 18.1 Å². The molecule has 7 nitrogen and oxygen atoms in total. The number of methoxy groups -OCH3 is 3. The van der Waals surface area contributed by atoms with Crippen molar-refractivity contribution in [1.82, 2.24) is 0 Å². The molecule has 0 saturated carbocycles. The van der Waals surface area contributed by atoms with E-state index in [1.807, 2.05) is 0 Å². The van der Waals surface area contributed by atoms with Crippen LogP contribution >= 0.6 is 0 Å². The van der Waals surface area contributed by atoms with Crippen LogP contribution in [0.25, 0.3) is 0 Å². The molecular formula is C20H21F2NO6. The fraction of sp³-hybridized carbons (Fsp3) is 0.300. The lowest BCUT2D eigenvalue weighted by Crippen LogP contribution is -2.21. The Morgan fingerprint density at radius 2 is 1.62 bits per heavy atom. The number of ether oxygens (including phenoxy) is 4. The van der Waals surface area contributed by atoms with Crippen LogP contribution in [0.2, 0.25) is 0 Å². The van der Waals surface area contributed by atoms with Gasteiger partial charge in [-0.05, 0) is 36.2 Å². The average molecular weight is 409 g/mol. The molecule has 0 fully saturated rings. The van der Waals surface area contributed by atoms with Gasteiger partial charge < -0.3 is 24.3 Å². The summed E-state index contributed by atoms with van der Waals surface area (Å²) in [5.74, 6) is -1.58. The molecule has 0 atom stereocenters. The number of aryl methyl sites for hydroxylation is 1. The summed E-state index contributed by atoms with van der Waals surface area (Å²) in [7, 11) is 4.45. The van der Waals surface area contributed by atoms with E-state index in [9.17, 15) is 18.4 Å². The van der Waals surface area contributed by atoms with Crippen molar-refractivity contribution < 1.29 is 37.3 Å². The quantitative estimate of drug-likeness (QED) is 0.641. The van der Waals surface area contributed by atoms with Crippen molar-refractivity contribution in [3.05, 3.63) is 47.5 Å². The minimum atomic E-state index is -0.798. The molecule has 0 radical (unpaired) electrons. The summed E-state index contributed by atoms with van der Waals surface area (Å²) in [6.07, 6.45) is 0.288. The van der Waals surface area contributed by atoms with Gasteiger partial charge in [0.05, 0.1) is 27.0 Å². The van der Waals surface area contributed by atoms with Crippen molar-refractivity contribution in [3.8, 4) is 17.2 Å². The summed E-state index contributed by atoms with van der Waals surface area (Å²) in [6.45, 7) is -0.621. The zero-order valence-corrected chi connectivity index (χ0v) is 16.2. The van der Waals surface area contributed by atoms with Gasteiger partial charge in [-0.25, -0.2) is 8.78 Å². The number of carbonyl (C=O) groups is 2. The minimum absolute atomic E-state index is 0.0136. The Labute approximate surface area is 166 Å². The van der Waals surface area contributed by atoms with Crippen LogP contribution in [-0.4, -0.2) is 39.8 Å². The molecule has 0 unspecified atom stereocenters. The highest BCUT2D eigenvalue weighted by Crippen LogP contribution is 2.38. The molecule has 0 heterocycles. The van der Waals surface area contributed by atoms with Gasteiger partial charge in [-0.1, -0.05) is 0 Å². The van der Waals surface area contributed by atoms with Crippen LogP contribution in [0.15, 0.2) is 30.3 Å². The van der Waals surface area contributed by atoms with Crippen LogP contribution in [0, 0.1) is 11.6 Å². The van der Waals surface area contributed by atoms with Crippen LogP contribution in [0.4, 0.5) is 14.5 Å². The first-order valence-electron chi connectivity index (χ1n) is 8.57. The zero-order chi connectivity index (χ0) is 21.4. The van der Waals surface area contributed by atoms with Crippen LogP contribution in [0.5, 0.6) is 17.2 Å². The van der Waals surface area contributed by atoms with Crippen molar-refractivity contribution in [3.63, 3.8) is 0 Å². The number of esters is 1. The van der Waals surface area contributed by atoms with Gasteiger partial charge >= 0.3 is 5.97 Å². The maximum absolute atomic E-state index is 13.5. The summed E-state index contributed by atoms with van der Waals surface area (Å²) < 4.78 is 47.2. The topological polar surface area (TPSA) is 83.1 Å². The van der Waals surface area contributed by atoms with Gasteiger partial charge in [0.2, 0.25) is 5.75 Å². The summed E-state index contributed by atoms with van der Waals surface area (Å²) in [5, 5.41) is 2.14. The fourth-order valence-electron chi connectivity index (χ4n) is 2.52. The lowest BCUT2D eigenvalue weighted by atomic mass is 10.1. The normalized spacial score (nSPS) is 10.2. The maximum Gasteiger partial charge on any atom is 0.306 e. The molecule has 0 saturated heterocycles. The van der Waals surface area contributed by atoms with E-state index in [0.29, 0.717) is 23.7 Å². The lowest BCUT2D eigenvalue weighted by molar-refractivity contribution is -0.147. The Kier molecular flexibility index (Phi) is 7.76. The van der Waals surface area contributed by atoms with Gasteiger partial charge in [-0.3, -0.25) is 9.59 Å². The molecule has 1 amide bonds. The van der Waals surface area contributed by atoms with E-state index < -0.39 is 30.1 Å². The molecule has 0 aliphatic carbocycles. The number of anilines is 1. The molecule has 0 aliphatic heterocycles. The van der Waals surface area contributed by atoms with Crippen molar-refractivity contribution in [2.24, 2.45) is 0 Å². The second kappa shape index (κ2) is 10.3. The Hall–Kier alpha value is -3.36. The molecule has 0 spiro atoms. The maximum atomic E-state index is 13.5. The number of rotatable bonds is 9. The lowest BCUT2D eigenvalue weighted by Gasteiger charge is -2.14. The Morgan fingerprint density at radius 1 is 0.966 bits per heavy atom. The van der Waals surface area contributed by atoms with E-state index in [4.69, 9.17) is 18.9 Å². The third-order valence-corrected chi connectivity index (χ3v) is 3.91. The first kappa shape index (κ1) is 21.9. The van der Waals surface area contributed by atoms with Gasteiger partial charge in [0, 0.05) is 12.5 Å². The summed E-state index contributed by atoms with van der Waals surface area (Å²) in [5.41, 5.74) is 0.409. The standard InChI is InChI=1S/C20H21F2NO6/c1-26-16-8-12(9-17(27-2)20(16)28-3)4-7-19(25)29-11-18(24)23-15-10-13(21)5-6-14(15)22/h5-6,8-10H,4,7,11H2,1-3H3,(H,23,24). The monoisotopic (exact) mass is 409 g/mol. The third-order valence-electron chi connectivity index (χ3n) is 3.91.